The van der Waals surface area contributed by atoms with Crippen molar-refractivity contribution in [1.82, 2.24) is 0 Å². The lowest BCUT2D eigenvalue weighted by atomic mass is 9.89. The Morgan fingerprint density at radius 1 is 1.19 bits per heavy atom. The van der Waals surface area contributed by atoms with Crippen LogP contribution in [0.15, 0.2) is 34.8 Å². The van der Waals surface area contributed by atoms with Crippen LogP contribution in [0.1, 0.15) is 23.1 Å². The number of methoxy groups -OCH3 is 1. The fourth-order valence-electron chi connectivity index (χ4n) is 3.00. The summed E-state index contributed by atoms with van der Waals surface area (Å²) in [6.45, 7) is 0.535. The Balaban J connectivity index is 1.80. The number of phenolic OH excluding ortho intramolecular Hbond substituents is 1. The molecule has 5 heteroatoms. The second-order valence-electron chi connectivity index (χ2n) is 5.20. The molecule has 0 saturated heterocycles. The van der Waals surface area contributed by atoms with E-state index in [9.17, 15) is 5.11 Å². The Labute approximate surface area is 130 Å². The molecule has 2 aromatic carbocycles. The van der Waals surface area contributed by atoms with Crippen LogP contribution in [0, 0.1) is 0 Å². The van der Waals surface area contributed by atoms with Crippen LogP contribution >= 0.6 is 15.9 Å². The molecule has 0 unspecified atom stereocenters. The van der Waals surface area contributed by atoms with Gasteiger partial charge in [0.1, 0.15) is 29.1 Å². The first-order chi connectivity index (χ1) is 10.2. The van der Waals surface area contributed by atoms with E-state index in [1.54, 1.807) is 19.2 Å². The van der Waals surface area contributed by atoms with Gasteiger partial charge >= 0.3 is 0 Å². The number of hydrogen-bond acceptors (Lipinski definition) is 4. The summed E-state index contributed by atoms with van der Waals surface area (Å²) >= 11 is 3.51. The molecule has 4 rings (SSSR count). The Morgan fingerprint density at radius 3 is 2.86 bits per heavy atom. The molecule has 2 aromatic rings. The third kappa shape index (κ3) is 1.87. The van der Waals surface area contributed by atoms with E-state index in [0.29, 0.717) is 12.4 Å². The molecule has 0 fully saturated rings. The van der Waals surface area contributed by atoms with Crippen molar-refractivity contribution in [2.45, 2.75) is 12.0 Å². The van der Waals surface area contributed by atoms with E-state index in [2.05, 4.69) is 15.9 Å². The Kier molecular flexibility index (Phi) is 2.79. The predicted octanol–water partition coefficient (Wildman–Crippen LogP) is 3.77. The van der Waals surface area contributed by atoms with Crippen LogP contribution in [0.5, 0.6) is 23.0 Å². The first-order valence-electron chi connectivity index (χ1n) is 6.67. The molecule has 21 heavy (non-hydrogen) atoms. The van der Waals surface area contributed by atoms with Gasteiger partial charge in [0.15, 0.2) is 0 Å². The molecule has 4 nitrogen and oxygen atoms in total. The van der Waals surface area contributed by atoms with Gasteiger partial charge < -0.3 is 19.3 Å². The summed E-state index contributed by atoms with van der Waals surface area (Å²) in [5.74, 6) is 2.62. The molecule has 108 valence electrons. The molecule has 0 amide bonds. The van der Waals surface area contributed by atoms with Crippen LogP contribution in [0.2, 0.25) is 0 Å². The van der Waals surface area contributed by atoms with Crippen LogP contribution in [0.25, 0.3) is 0 Å². The number of halogens is 1. The van der Waals surface area contributed by atoms with Crippen LogP contribution in [0.4, 0.5) is 0 Å². The van der Waals surface area contributed by atoms with E-state index >= 15 is 0 Å². The van der Waals surface area contributed by atoms with Gasteiger partial charge in [-0.1, -0.05) is 0 Å². The van der Waals surface area contributed by atoms with Gasteiger partial charge in [0.25, 0.3) is 0 Å². The Hall–Kier alpha value is -1.88. The number of rotatable bonds is 1. The van der Waals surface area contributed by atoms with Crippen molar-refractivity contribution in [3.8, 4) is 23.0 Å². The lowest BCUT2D eigenvalue weighted by molar-refractivity contribution is 0.139. The second kappa shape index (κ2) is 4.56. The molecule has 2 aliphatic rings. The lowest BCUT2D eigenvalue weighted by Crippen LogP contribution is -2.23. The highest BCUT2D eigenvalue weighted by Gasteiger charge is 2.41. The number of phenols is 1. The molecule has 1 N–H and O–H groups in total. The zero-order chi connectivity index (χ0) is 14.6. The maximum Gasteiger partial charge on any atom is 0.138 e. The van der Waals surface area contributed by atoms with E-state index in [1.165, 1.54) is 0 Å². The van der Waals surface area contributed by atoms with Crippen LogP contribution < -0.4 is 14.2 Å². The standard InChI is InChI=1S/C16H13BrO4/c1-19-15-6-14-10(5-12(15)17)11-7-20-13-4-8(18)2-3-9(13)16(11)21-14/h2-6,11,16,18H,7H2,1H3/t11-,16-/m1/s1. The van der Waals surface area contributed by atoms with E-state index in [1.807, 2.05) is 18.2 Å². The third-order valence-electron chi connectivity index (χ3n) is 4.03. The molecule has 0 aliphatic carbocycles. The van der Waals surface area contributed by atoms with Crippen molar-refractivity contribution in [1.29, 1.82) is 0 Å². The van der Waals surface area contributed by atoms with Crippen molar-refractivity contribution in [3.63, 3.8) is 0 Å². The van der Waals surface area contributed by atoms with Gasteiger partial charge in [0.2, 0.25) is 0 Å². The minimum absolute atomic E-state index is 0.0802. The fourth-order valence-corrected chi connectivity index (χ4v) is 3.52. The van der Waals surface area contributed by atoms with Gasteiger partial charge in [-0.15, -0.1) is 0 Å². The minimum Gasteiger partial charge on any atom is -0.508 e. The molecule has 0 spiro atoms. The molecule has 0 bridgehead atoms. The second-order valence-corrected chi connectivity index (χ2v) is 6.06. The Bertz CT molecular complexity index is 728. The molecule has 2 atom stereocenters. The summed E-state index contributed by atoms with van der Waals surface area (Å²) in [5, 5.41) is 9.56. The van der Waals surface area contributed by atoms with Crippen molar-refractivity contribution in [2.24, 2.45) is 0 Å². The topological polar surface area (TPSA) is 47.9 Å². The van der Waals surface area contributed by atoms with Gasteiger partial charge in [-0.05, 0) is 34.1 Å². The summed E-state index contributed by atoms with van der Waals surface area (Å²) in [5.41, 5.74) is 2.08. The Morgan fingerprint density at radius 2 is 2.05 bits per heavy atom. The molecule has 0 saturated carbocycles. The maximum atomic E-state index is 9.56. The van der Waals surface area contributed by atoms with Crippen LogP contribution in [-0.2, 0) is 0 Å². The van der Waals surface area contributed by atoms with Gasteiger partial charge in [-0.25, -0.2) is 0 Å². The average molecular weight is 349 g/mol. The minimum atomic E-state index is -0.0802. The van der Waals surface area contributed by atoms with Crippen LogP contribution in [0.3, 0.4) is 0 Å². The zero-order valence-electron chi connectivity index (χ0n) is 11.3. The van der Waals surface area contributed by atoms with E-state index < -0.39 is 0 Å². The number of aromatic hydroxyl groups is 1. The highest BCUT2D eigenvalue weighted by Crippen LogP contribution is 2.53. The monoisotopic (exact) mass is 348 g/mol. The van der Waals surface area contributed by atoms with E-state index in [-0.39, 0.29) is 17.8 Å². The third-order valence-corrected chi connectivity index (χ3v) is 4.64. The smallest absolute Gasteiger partial charge is 0.138 e. The molecule has 0 radical (unpaired) electrons. The summed E-state index contributed by atoms with van der Waals surface area (Å²) in [6.07, 6.45) is -0.0802. The molecular formula is C16H13BrO4. The predicted molar refractivity (Wildman–Crippen MR) is 80.4 cm³/mol. The molecule has 0 aromatic heterocycles. The van der Waals surface area contributed by atoms with Gasteiger partial charge in [0, 0.05) is 23.3 Å². The summed E-state index contributed by atoms with van der Waals surface area (Å²) in [4.78, 5) is 0. The summed E-state index contributed by atoms with van der Waals surface area (Å²) in [6, 6.07) is 9.09. The summed E-state index contributed by atoms with van der Waals surface area (Å²) in [7, 11) is 1.63. The maximum absolute atomic E-state index is 9.56. The number of hydrogen-bond donors (Lipinski definition) is 1. The molecule has 2 heterocycles. The number of ether oxygens (including phenoxy) is 3. The highest BCUT2D eigenvalue weighted by atomic mass is 79.9. The number of benzene rings is 2. The fraction of sp³-hybridized carbons (Fsp3) is 0.250. The lowest BCUT2D eigenvalue weighted by Gasteiger charge is -2.27. The zero-order valence-corrected chi connectivity index (χ0v) is 12.9. The normalized spacial score (nSPS) is 21.6. The van der Waals surface area contributed by atoms with E-state index in [0.717, 1.165) is 27.1 Å². The summed E-state index contributed by atoms with van der Waals surface area (Å²) < 4.78 is 18.1. The van der Waals surface area contributed by atoms with Gasteiger partial charge in [-0.2, -0.15) is 0 Å². The average Bonchev–Trinajstić information content (AvgIpc) is 2.83. The van der Waals surface area contributed by atoms with Crippen molar-refractivity contribution < 1.29 is 19.3 Å². The first-order valence-corrected chi connectivity index (χ1v) is 7.46. The number of fused-ring (bicyclic) bond motifs is 5. The van der Waals surface area contributed by atoms with Gasteiger partial charge in [-0.3, -0.25) is 0 Å². The van der Waals surface area contributed by atoms with Crippen molar-refractivity contribution in [3.05, 3.63) is 45.9 Å². The first kappa shape index (κ1) is 12.8. The molecule has 2 aliphatic heterocycles. The van der Waals surface area contributed by atoms with Crippen molar-refractivity contribution in [2.75, 3.05) is 13.7 Å². The van der Waals surface area contributed by atoms with Crippen LogP contribution in [-0.4, -0.2) is 18.8 Å². The van der Waals surface area contributed by atoms with E-state index in [4.69, 9.17) is 14.2 Å². The highest BCUT2D eigenvalue weighted by molar-refractivity contribution is 9.10. The van der Waals surface area contributed by atoms with Gasteiger partial charge in [0.05, 0.1) is 24.1 Å². The SMILES string of the molecule is COc1cc2c(cc1Br)[C@H]1COc3cc(O)ccc3[C@H]1O2. The molecular weight excluding hydrogens is 336 g/mol. The van der Waals surface area contributed by atoms with Crippen molar-refractivity contribution >= 4 is 15.9 Å². The quantitative estimate of drug-likeness (QED) is 0.851. The largest absolute Gasteiger partial charge is 0.508 e.